The van der Waals surface area contributed by atoms with Crippen LogP contribution in [0.2, 0.25) is 0 Å². The molecule has 21 nitrogen and oxygen atoms in total. The van der Waals surface area contributed by atoms with Gasteiger partial charge in [-0.05, 0) is 57.1 Å². The van der Waals surface area contributed by atoms with Gasteiger partial charge in [-0.1, -0.05) is 30.3 Å². The van der Waals surface area contributed by atoms with Crippen molar-refractivity contribution in [1.82, 2.24) is 37.2 Å². The Morgan fingerprint density at radius 2 is 1.12 bits per heavy atom. The Labute approximate surface area is 301 Å². The number of rotatable bonds is 25. The van der Waals surface area contributed by atoms with Gasteiger partial charge in [0.2, 0.25) is 29.5 Å². The van der Waals surface area contributed by atoms with Gasteiger partial charge in [0, 0.05) is 19.6 Å². The van der Waals surface area contributed by atoms with Crippen LogP contribution in [-0.4, -0.2) is 115 Å². The first-order valence-corrected chi connectivity index (χ1v) is 16.7. The summed E-state index contributed by atoms with van der Waals surface area (Å²) in [5.74, 6) is -5.70. The second kappa shape index (κ2) is 24.6. The van der Waals surface area contributed by atoms with Crippen molar-refractivity contribution < 1.29 is 33.9 Å². The van der Waals surface area contributed by atoms with Crippen LogP contribution in [-0.2, 0) is 35.2 Å². The first kappa shape index (κ1) is 44.5. The van der Waals surface area contributed by atoms with E-state index in [0.717, 1.165) is 5.56 Å². The van der Waals surface area contributed by atoms with Crippen LogP contribution in [0.3, 0.4) is 0 Å². The largest absolute Gasteiger partial charge is 0.480 e. The van der Waals surface area contributed by atoms with Crippen molar-refractivity contribution in [3.05, 3.63) is 35.9 Å². The summed E-state index contributed by atoms with van der Waals surface area (Å²) < 4.78 is 0. The molecular formula is C31H54N14O7. The molecule has 1 aromatic carbocycles. The number of hydrogen-bond acceptors (Lipinski definition) is 11. The number of nitrogens with one attached hydrogen (secondary N) is 9. The minimum atomic E-state index is -1.44. The fourth-order valence-corrected chi connectivity index (χ4v) is 4.73. The number of nitrogens with two attached hydrogens (primary N) is 5. The summed E-state index contributed by atoms with van der Waals surface area (Å²) >= 11 is 0. The van der Waals surface area contributed by atoms with Crippen LogP contribution in [0.25, 0.3) is 0 Å². The van der Waals surface area contributed by atoms with Gasteiger partial charge in [-0.15, -0.1) is 0 Å². The molecule has 5 atom stereocenters. The van der Waals surface area contributed by atoms with E-state index in [-0.39, 0.29) is 70.1 Å². The zero-order valence-electron chi connectivity index (χ0n) is 29.0. The lowest BCUT2D eigenvalue weighted by Crippen LogP contribution is -2.58. The van der Waals surface area contributed by atoms with Gasteiger partial charge in [-0.3, -0.25) is 34.8 Å². The molecule has 0 aliphatic rings. The summed E-state index contributed by atoms with van der Waals surface area (Å²) in [6, 6.07) is 2.98. The van der Waals surface area contributed by atoms with Crippen LogP contribution in [0.4, 0.5) is 0 Å². The molecule has 0 aliphatic heterocycles. The number of guanidine groups is 2. The highest BCUT2D eigenvalue weighted by atomic mass is 16.4. The van der Waals surface area contributed by atoms with E-state index in [1.54, 1.807) is 0 Å². The van der Waals surface area contributed by atoms with Gasteiger partial charge < -0.3 is 71.0 Å². The van der Waals surface area contributed by atoms with E-state index in [1.165, 1.54) is 0 Å². The molecule has 0 heterocycles. The number of carboxylic acids is 1. The highest BCUT2D eigenvalue weighted by Gasteiger charge is 2.31. The van der Waals surface area contributed by atoms with Crippen LogP contribution in [0.5, 0.6) is 0 Å². The van der Waals surface area contributed by atoms with Crippen molar-refractivity contribution in [1.29, 1.82) is 10.8 Å². The standard InChI is InChI=1S/C31H54N14O7/c32-12-4-9-20(42-24(46)17-41-25(47)19(34)15-18-7-2-1-3-8-18)26(48)43-21(10-5-13-39-30(35)36)27(49)44-22(11-6-14-40-31(37)38)28(50)45-23(16-33)29(51)52/h1-3,7-8,19-23H,4-6,9-17,32-34H2,(H,41,47)(H,42,46)(H,43,48)(H,44,49)(H,45,50)(H,51,52)(H4,35,36,39)(H4,37,38,40)/t19-,20-,21-,22-,23-/m0/s1. The quantitative estimate of drug-likeness (QED) is 0.0254. The molecule has 0 aromatic heterocycles. The van der Waals surface area contributed by atoms with E-state index in [2.05, 4.69) is 37.2 Å². The van der Waals surface area contributed by atoms with E-state index < -0.39 is 78.8 Å². The third-order valence-electron chi connectivity index (χ3n) is 7.49. The number of carboxylic acid groups (broad SMARTS) is 1. The lowest BCUT2D eigenvalue weighted by molar-refractivity contribution is -0.142. The Hall–Kier alpha value is -5.54. The lowest BCUT2D eigenvalue weighted by atomic mass is 10.1. The van der Waals surface area contributed by atoms with Crippen molar-refractivity contribution in [3.8, 4) is 0 Å². The van der Waals surface area contributed by atoms with Gasteiger partial charge >= 0.3 is 5.97 Å². The molecule has 0 saturated heterocycles. The predicted molar refractivity (Wildman–Crippen MR) is 192 cm³/mol. The Morgan fingerprint density at radius 3 is 1.56 bits per heavy atom. The monoisotopic (exact) mass is 734 g/mol. The third kappa shape index (κ3) is 18.5. The van der Waals surface area contributed by atoms with Crippen molar-refractivity contribution in [2.24, 2.45) is 28.7 Å². The normalized spacial score (nSPS) is 13.5. The number of carbonyl (C=O) groups is 6. The Morgan fingerprint density at radius 1 is 0.654 bits per heavy atom. The molecule has 0 bridgehead atoms. The molecule has 1 aromatic rings. The third-order valence-corrected chi connectivity index (χ3v) is 7.49. The molecule has 5 amide bonds. The predicted octanol–water partition coefficient (Wildman–Crippen LogP) is -5.08. The fraction of sp³-hybridized carbons (Fsp3) is 0.548. The summed E-state index contributed by atoms with van der Waals surface area (Å²) in [5.41, 5.74) is 28.6. The second-order valence-corrected chi connectivity index (χ2v) is 11.8. The van der Waals surface area contributed by atoms with Gasteiger partial charge in [-0.2, -0.15) is 0 Å². The maximum Gasteiger partial charge on any atom is 0.327 e. The number of carbonyl (C=O) groups excluding carboxylic acids is 5. The van der Waals surface area contributed by atoms with Gasteiger partial charge in [0.25, 0.3) is 0 Å². The summed E-state index contributed by atoms with van der Waals surface area (Å²) in [6.45, 7) is -0.404. The molecular weight excluding hydrogens is 680 g/mol. The number of aliphatic carboxylic acids is 1. The van der Waals surface area contributed by atoms with E-state index in [1.807, 2.05) is 30.3 Å². The molecule has 21 heteroatoms. The topological polar surface area (TPSA) is 385 Å². The van der Waals surface area contributed by atoms with Crippen LogP contribution in [0.1, 0.15) is 44.1 Å². The first-order valence-electron chi connectivity index (χ1n) is 16.7. The lowest BCUT2D eigenvalue weighted by Gasteiger charge is -2.26. The zero-order valence-corrected chi connectivity index (χ0v) is 29.0. The van der Waals surface area contributed by atoms with Crippen LogP contribution < -0.4 is 65.9 Å². The summed E-state index contributed by atoms with van der Waals surface area (Å²) in [4.78, 5) is 77.1. The molecule has 20 N–H and O–H groups in total. The smallest absolute Gasteiger partial charge is 0.327 e. The maximum absolute atomic E-state index is 13.6. The van der Waals surface area contributed by atoms with Crippen molar-refractivity contribution in [2.45, 2.75) is 75.2 Å². The maximum atomic E-state index is 13.6. The molecule has 0 fully saturated rings. The number of amides is 5. The number of benzene rings is 1. The van der Waals surface area contributed by atoms with Gasteiger partial charge in [0.1, 0.15) is 24.2 Å². The van der Waals surface area contributed by atoms with E-state index in [4.69, 9.17) is 39.5 Å². The highest BCUT2D eigenvalue weighted by molar-refractivity contribution is 5.95. The molecule has 0 spiro atoms. The summed E-state index contributed by atoms with van der Waals surface area (Å²) in [5, 5.41) is 41.6. The van der Waals surface area contributed by atoms with Crippen LogP contribution in [0, 0.1) is 10.8 Å². The molecule has 0 unspecified atom stereocenters. The second-order valence-electron chi connectivity index (χ2n) is 11.8. The van der Waals surface area contributed by atoms with Crippen molar-refractivity contribution in [3.63, 3.8) is 0 Å². The first-order chi connectivity index (χ1) is 24.7. The van der Waals surface area contributed by atoms with Crippen molar-refractivity contribution in [2.75, 3.05) is 32.7 Å². The van der Waals surface area contributed by atoms with Gasteiger partial charge in [0.15, 0.2) is 11.9 Å². The summed E-state index contributed by atoms with van der Waals surface area (Å²) in [7, 11) is 0. The Balaban J connectivity index is 3.09. The Bertz CT molecular complexity index is 1350. The van der Waals surface area contributed by atoms with Crippen LogP contribution in [0.15, 0.2) is 30.3 Å². The molecule has 0 radical (unpaired) electrons. The molecule has 1 rings (SSSR count). The van der Waals surface area contributed by atoms with E-state index in [9.17, 15) is 33.9 Å². The summed E-state index contributed by atoms with van der Waals surface area (Å²) in [6.07, 6.45) is 1.06. The average molecular weight is 735 g/mol. The molecule has 0 aliphatic carbocycles. The minimum absolute atomic E-state index is 0.00838. The Kier molecular flexibility index (Phi) is 21.0. The molecule has 290 valence electrons. The minimum Gasteiger partial charge on any atom is -0.480 e. The van der Waals surface area contributed by atoms with Gasteiger partial charge in [-0.25, -0.2) is 4.79 Å². The van der Waals surface area contributed by atoms with E-state index >= 15 is 0 Å². The van der Waals surface area contributed by atoms with Gasteiger partial charge in [0.05, 0.1) is 12.6 Å². The average Bonchev–Trinajstić information content (AvgIpc) is 3.10. The SMILES string of the molecule is N=C(N)NCCC[C@H](NC(=O)[C@H](CCCNC(=N)N)NC(=O)[C@H](CCCN)NC(=O)CNC(=O)[C@@H](N)Cc1ccccc1)C(=O)N[C@@H](CN)C(=O)O. The zero-order chi connectivity index (χ0) is 39.1. The molecule has 52 heavy (non-hydrogen) atoms. The van der Waals surface area contributed by atoms with Crippen LogP contribution >= 0.6 is 0 Å². The molecule has 0 saturated carbocycles. The van der Waals surface area contributed by atoms with Crippen molar-refractivity contribution >= 4 is 47.4 Å². The van der Waals surface area contributed by atoms with E-state index in [0.29, 0.717) is 6.42 Å². The highest BCUT2D eigenvalue weighted by Crippen LogP contribution is 2.06. The number of hydrogen-bond donors (Lipinski definition) is 15. The fourth-order valence-electron chi connectivity index (χ4n) is 4.73.